The summed E-state index contributed by atoms with van der Waals surface area (Å²) in [5.41, 5.74) is 17.7. The molecule has 2 aromatic carbocycles. The van der Waals surface area contributed by atoms with Crippen LogP contribution in [0.2, 0.25) is 0 Å². The number of fused-ring (bicyclic) bond motifs is 2. The first-order valence-electron chi connectivity index (χ1n) is 12.5. The summed E-state index contributed by atoms with van der Waals surface area (Å²) in [5, 5.41) is 2.20. The van der Waals surface area contributed by atoms with Crippen LogP contribution in [0.25, 0.3) is 63.9 Å². The molecule has 0 aliphatic rings. The number of amides is 2. The summed E-state index contributed by atoms with van der Waals surface area (Å²) in [4.78, 5) is 56.8. The number of nitrogens with zero attached hydrogens (tertiary/aromatic N) is 2. The minimum atomic E-state index is -0.995. The molecule has 4 aromatic heterocycles. The second-order valence-corrected chi connectivity index (χ2v) is 12.7. The quantitative estimate of drug-likeness (QED) is 0.128. The van der Waals surface area contributed by atoms with Crippen molar-refractivity contribution < 1.29 is 98.5 Å². The molecule has 0 fully saturated rings. The zero-order valence-corrected chi connectivity index (χ0v) is 34.2. The van der Waals surface area contributed by atoms with Gasteiger partial charge in [-0.2, -0.15) is 27.1 Å². The molecule has 12 nitrogen and oxygen atoms in total. The van der Waals surface area contributed by atoms with Crippen LogP contribution in [0, 0.1) is 13.1 Å². The molecule has 4 heterocycles. The Morgan fingerprint density at radius 3 is 2.06 bits per heavy atom. The number of benzene rings is 2. The molecule has 241 valence electrons. The third-order valence-electron chi connectivity index (χ3n) is 5.90. The molecule has 3 radical (unpaired) electrons. The summed E-state index contributed by atoms with van der Waals surface area (Å²) in [5.74, 6) is 0. The van der Waals surface area contributed by atoms with E-state index in [1.807, 2.05) is 12.1 Å². The minimum Gasteiger partial charge on any atom is -0.632 e. The molecule has 2 amide bonds. The normalized spacial score (nSPS) is 10.2. The van der Waals surface area contributed by atoms with Gasteiger partial charge in [0.05, 0.1) is 36.6 Å². The Hall–Kier alpha value is -2.34. The number of carbonyl (C=O) groups is 2. The van der Waals surface area contributed by atoms with Crippen LogP contribution in [0.15, 0.2) is 48.7 Å². The molecule has 0 saturated carbocycles. The van der Waals surface area contributed by atoms with Gasteiger partial charge in [-0.05, 0) is 28.6 Å². The summed E-state index contributed by atoms with van der Waals surface area (Å²) in [6.07, 6.45) is 2.73. The molecule has 4 N–H and O–H groups in total. The number of hydrogen-bond donors (Lipinski definition) is 2. The summed E-state index contributed by atoms with van der Waals surface area (Å²) in [6, 6.07) is 18.7. The Bertz CT molecular complexity index is 1960. The van der Waals surface area contributed by atoms with Crippen LogP contribution in [-0.2, 0) is 88.9 Å². The van der Waals surface area contributed by atoms with E-state index < -0.39 is 12.2 Å². The van der Waals surface area contributed by atoms with Gasteiger partial charge in [0.15, 0.2) is 0 Å². The van der Waals surface area contributed by atoms with Crippen LogP contribution in [-0.4, -0.2) is 58.4 Å². The van der Waals surface area contributed by atoms with E-state index in [1.165, 1.54) is 14.3 Å². The smallest absolute Gasteiger partial charge is 0.632 e. The van der Waals surface area contributed by atoms with E-state index in [-0.39, 0.29) is 87.0 Å². The van der Waals surface area contributed by atoms with E-state index >= 15 is 0 Å². The zero-order valence-electron chi connectivity index (χ0n) is 25.0. The third-order valence-corrected chi connectivity index (χ3v) is 9.44. The number of ether oxygens (including phenoxy) is 2. The largest absolute Gasteiger partial charge is 2.00 e. The Morgan fingerprint density at radius 1 is 0.875 bits per heavy atom. The van der Waals surface area contributed by atoms with Gasteiger partial charge in [-0.25, -0.2) is 25.6 Å². The van der Waals surface area contributed by atoms with Gasteiger partial charge in [-0.1, -0.05) is 35.5 Å². The predicted octanol–water partition coefficient (Wildman–Crippen LogP) is 6.89. The average molecular weight is 867 g/mol. The number of nitrogens with one attached hydrogen (secondary N) is 4. The van der Waals surface area contributed by atoms with Crippen LogP contribution in [0.5, 0.6) is 0 Å². The Kier molecular flexibility index (Phi) is 19.1. The maximum Gasteiger partial charge on any atom is 2.00 e. The molecule has 0 saturated heterocycles. The van der Waals surface area contributed by atoms with Crippen LogP contribution >= 0.6 is 39.8 Å². The molecule has 0 bridgehead atoms. The van der Waals surface area contributed by atoms with Crippen molar-refractivity contribution in [2.24, 2.45) is 0 Å². The van der Waals surface area contributed by atoms with Gasteiger partial charge in [0.2, 0.25) is 12.2 Å². The van der Waals surface area contributed by atoms with Crippen LogP contribution in [0.4, 0.5) is 9.59 Å². The number of hydrogen-bond acceptors (Lipinski definition) is 10. The zero-order chi connectivity index (χ0) is 32.5. The van der Waals surface area contributed by atoms with Crippen molar-refractivity contribution in [2.45, 2.75) is 0 Å². The molecule has 2 unspecified atom stereocenters. The van der Waals surface area contributed by atoms with Crippen molar-refractivity contribution in [2.75, 3.05) is 14.2 Å². The second-order valence-electron chi connectivity index (χ2n) is 8.68. The molecule has 0 aliphatic carbocycles. The van der Waals surface area contributed by atoms with E-state index in [2.05, 4.69) is 85.0 Å². The van der Waals surface area contributed by atoms with E-state index in [4.69, 9.17) is 11.5 Å². The van der Waals surface area contributed by atoms with Gasteiger partial charge in [0.1, 0.15) is 0 Å². The number of H-pyrrole nitrogens is 2. The summed E-state index contributed by atoms with van der Waals surface area (Å²) in [6.45, 7) is 4.22. The Balaban J connectivity index is 0.000000783. The minimum absolute atomic E-state index is 0. The number of aromatic amines is 2. The van der Waals surface area contributed by atoms with Crippen molar-refractivity contribution in [1.29, 1.82) is 0 Å². The summed E-state index contributed by atoms with van der Waals surface area (Å²) >= 11 is 3.46. The molecular weight excluding hydrogens is 845 g/mol. The van der Waals surface area contributed by atoms with E-state index in [0.717, 1.165) is 57.9 Å². The van der Waals surface area contributed by atoms with Crippen molar-refractivity contribution >= 4 is 95.4 Å². The van der Waals surface area contributed by atoms with Crippen molar-refractivity contribution in [3.05, 3.63) is 78.8 Å². The van der Waals surface area contributed by atoms with Gasteiger partial charge in [-0.15, -0.1) is 34.3 Å². The first-order chi connectivity index (χ1) is 21.6. The summed E-state index contributed by atoms with van der Waals surface area (Å²) < 4.78 is 9.99. The number of thiophene rings is 2. The molecule has 48 heavy (non-hydrogen) atoms. The topological polar surface area (TPSA) is 192 Å². The first kappa shape index (κ1) is 43.7. The predicted molar refractivity (Wildman–Crippen MR) is 182 cm³/mol. The molecule has 0 spiro atoms. The number of carbonyl (C=O) groups excluding carboxylic acids is 4. The maximum atomic E-state index is 10.6. The Morgan fingerprint density at radius 2 is 1.46 bits per heavy atom. The van der Waals surface area contributed by atoms with Gasteiger partial charge in [0.25, 0.3) is 0 Å². The van der Waals surface area contributed by atoms with Crippen molar-refractivity contribution in [3.63, 3.8) is 0 Å². The van der Waals surface area contributed by atoms with Crippen molar-refractivity contribution in [1.82, 2.24) is 19.9 Å². The fourth-order valence-corrected chi connectivity index (χ4v) is 7.10. The van der Waals surface area contributed by atoms with E-state index in [9.17, 15) is 19.2 Å². The number of rotatable bonds is 7. The van der Waals surface area contributed by atoms with Crippen LogP contribution in [0.3, 0.4) is 0 Å². The van der Waals surface area contributed by atoms with Gasteiger partial charge in [-0.3, -0.25) is 9.59 Å². The molecular formula is C29H22N6O6P2S2V2Y-2. The summed E-state index contributed by atoms with van der Waals surface area (Å²) in [7, 11) is 2.11. The SMILES string of the molecule is COC([NH-])=O.COC([NH-])=O.[CH2-]c1cc2cc(-c3cc4sc(-c5cnc(P[C-]=O)[nH]5)cc4s3)ccc2cc1-c1[c-]nc(P[C-]=O)[nH]1.[V+2].[V+2].[Y]. The molecule has 2 atom stereocenters. The number of aromatic nitrogens is 4. The standard InChI is InChI=1S/C25H14N4O2P2S2.2C2H5NO2.2V.Y/c1-13-4-16-5-15(3-2-14(16)6-17(13)18-9-26-24(28-18)32-11-30)20-7-22-23(34-20)8-21(35-22)19-10-27-25(29-19)33-12-31;2*1-5-2(3)4;;;/h2-8,10,32-33H,1H2,(H,26,28)(H,27,29);2*1H3,(H2,3,4);;;/q-4;;;2*+2;/p-2. The number of imidazole rings is 2. The fourth-order valence-electron chi connectivity index (χ4n) is 3.92. The average Bonchev–Trinajstić information content (AvgIpc) is 3.82. The Labute approximate surface area is 335 Å². The molecule has 0 aliphatic heterocycles. The van der Waals surface area contributed by atoms with Gasteiger partial charge in [0, 0.05) is 47.0 Å². The number of methoxy groups -OCH3 is 2. The van der Waals surface area contributed by atoms with Crippen LogP contribution < -0.4 is 11.1 Å². The molecule has 6 aromatic rings. The van der Waals surface area contributed by atoms with Gasteiger partial charge < -0.3 is 45.5 Å². The van der Waals surface area contributed by atoms with Crippen LogP contribution in [0.1, 0.15) is 5.56 Å². The van der Waals surface area contributed by atoms with Gasteiger partial charge >= 0.3 is 37.1 Å². The third kappa shape index (κ3) is 11.6. The first-order valence-corrected chi connectivity index (χ1v) is 16.1. The second kappa shape index (κ2) is 21.0. The fraction of sp³-hybridized carbons (Fsp3) is 0.0690. The van der Waals surface area contributed by atoms with E-state index in [1.54, 1.807) is 28.9 Å². The maximum absolute atomic E-state index is 10.6. The monoisotopic (exact) mass is 867 g/mol. The molecule has 6 rings (SSSR count). The van der Waals surface area contributed by atoms with Crippen molar-refractivity contribution in [3.8, 4) is 32.3 Å². The molecule has 19 heteroatoms. The van der Waals surface area contributed by atoms with E-state index in [0.29, 0.717) is 11.1 Å².